The normalized spacial score (nSPS) is 30.6. The molecule has 0 heterocycles. The lowest BCUT2D eigenvalue weighted by atomic mass is 9.76. The zero-order valence-corrected chi connectivity index (χ0v) is 9.35. The molecule has 4 heteroatoms. The largest absolute Gasteiger partial charge is 0.391 e. The van der Waals surface area contributed by atoms with Gasteiger partial charge in [0.15, 0.2) is 0 Å². The molecule has 1 atom stereocenters. The lowest BCUT2D eigenvalue weighted by Gasteiger charge is -2.34. The van der Waals surface area contributed by atoms with E-state index < -0.39 is 12.1 Å². The van der Waals surface area contributed by atoms with Crippen LogP contribution in [0.15, 0.2) is 0 Å². The summed E-state index contributed by atoms with van der Waals surface area (Å²) in [6.45, 7) is 4.06. The van der Waals surface area contributed by atoms with Crippen molar-refractivity contribution < 1.29 is 13.2 Å². The van der Waals surface area contributed by atoms with E-state index in [1.54, 1.807) is 0 Å². The van der Waals surface area contributed by atoms with Gasteiger partial charge in [-0.15, -0.1) is 0 Å². The first-order valence-electron chi connectivity index (χ1n) is 5.64. The van der Waals surface area contributed by atoms with Crippen LogP contribution in [0, 0.1) is 17.8 Å². The maximum absolute atomic E-state index is 12.4. The van der Waals surface area contributed by atoms with E-state index in [1.807, 2.05) is 13.8 Å². The second-order valence-corrected chi connectivity index (χ2v) is 4.97. The molecule has 0 saturated heterocycles. The molecule has 1 unspecified atom stereocenters. The standard InChI is InChI=1S/C11H20F3N/c1-7(2)10(15)8-3-5-9(6-4-8)11(12,13)14/h7-10H,3-6,15H2,1-2H3. The summed E-state index contributed by atoms with van der Waals surface area (Å²) in [5.41, 5.74) is 5.96. The van der Waals surface area contributed by atoms with Gasteiger partial charge in [-0.2, -0.15) is 13.2 Å². The first kappa shape index (κ1) is 12.8. The Kier molecular flexibility index (Phi) is 4.04. The van der Waals surface area contributed by atoms with Gasteiger partial charge in [-0.1, -0.05) is 13.8 Å². The molecule has 0 aromatic heterocycles. The van der Waals surface area contributed by atoms with Crippen LogP contribution in [0.5, 0.6) is 0 Å². The summed E-state index contributed by atoms with van der Waals surface area (Å²) in [4.78, 5) is 0. The summed E-state index contributed by atoms with van der Waals surface area (Å²) < 4.78 is 37.2. The van der Waals surface area contributed by atoms with Gasteiger partial charge < -0.3 is 5.73 Å². The average molecular weight is 223 g/mol. The van der Waals surface area contributed by atoms with E-state index in [-0.39, 0.29) is 24.8 Å². The molecule has 0 aromatic rings. The van der Waals surface area contributed by atoms with E-state index >= 15 is 0 Å². The summed E-state index contributed by atoms with van der Waals surface area (Å²) in [5, 5.41) is 0. The predicted octanol–water partition coefficient (Wildman–Crippen LogP) is 3.34. The van der Waals surface area contributed by atoms with Crippen molar-refractivity contribution in [3.63, 3.8) is 0 Å². The van der Waals surface area contributed by atoms with Crippen LogP contribution in [0.4, 0.5) is 13.2 Å². The highest BCUT2D eigenvalue weighted by Crippen LogP contribution is 2.40. The second-order valence-electron chi connectivity index (χ2n) is 4.97. The third-order valence-corrected chi connectivity index (χ3v) is 3.55. The third kappa shape index (κ3) is 3.37. The highest BCUT2D eigenvalue weighted by molar-refractivity contribution is 4.83. The summed E-state index contributed by atoms with van der Waals surface area (Å²) in [6, 6.07) is 0.0548. The van der Waals surface area contributed by atoms with Crippen molar-refractivity contribution in [3.05, 3.63) is 0 Å². The fourth-order valence-corrected chi connectivity index (χ4v) is 2.38. The van der Waals surface area contributed by atoms with E-state index in [0.717, 1.165) is 0 Å². The number of hydrogen-bond acceptors (Lipinski definition) is 1. The molecule has 1 aliphatic rings. The molecule has 1 rings (SSSR count). The topological polar surface area (TPSA) is 26.0 Å². The molecule has 0 amide bonds. The summed E-state index contributed by atoms with van der Waals surface area (Å²) >= 11 is 0. The van der Waals surface area contributed by atoms with Crippen molar-refractivity contribution in [3.8, 4) is 0 Å². The molecular formula is C11H20F3N. The highest BCUT2D eigenvalue weighted by Gasteiger charge is 2.42. The Labute approximate surface area is 89.2 Å². The van der Waals surface area contributed by atoms with Gasteiger partial charge in [0.1, 0.15) is 0 Å². The van der Waals surface area contributed by atoms with E-state index in [0.29, 0.717) is 18.8 Å². The Morgan fingerprint density at radius 2 is 1.53 bits per heavy atom. The molecular weight excluding hydrogens is 203 g/mol. The van der Waals surface area contributed by atoms with Gasteiger partial charge in [-0.25, -0.2) is 0 Å². The van der Waals surface area contributed by atoms with Crippen LogP contribution in [0.3, 0.4) is 0 Å². The molecule has 1 saturated carbocycles. The van der Waals surface area contributed by atoms with E-state index in [4.69, 9.17) is 5.73 Å². The molecule has 0 spiro atoms. The third-order valence-electron chi connectivity index (χ3n) is 3.55. The molecule has 1 fully saturated rings. The molecule has 0 radical (unpaired) electrons. The Morgan fingerprint density at radius 3 is 1.87 bits per heavy atom. The van der Waals surface area contributed by atoms with Crippen LogP contribution in [-0.4, -0.2) is 12.2 Å². The monoisotopic (exact) mass is 223 g/mol. The average Bonchev–Trinajstić information content (AvgIpc) is 2.15. The van der Waals surface area contributed by atoms with Crippen molar-refractivity contribution in [1.29, 1.82) is 0 Å². The number of rotatable bonds is 2. The molecule has 90 valence electrons. The lowest BCUT2D eigenvalue weighted by Crippen LogP contribution is -2.39. The zero-order valence-electron chi connectivity index (χ0n) is 9.35. The van der Waals surface area contributed by atoms with Gasteiger partial charge in [0.2, 0.25) is 0 Å². The maximum Gasteiger partial charge on any atom is 0.391 e. The smallest absolute Gasteiger partial charge is 0.327 e. The van der Waals surface area contributed by atoms with Gasteiger partial charge in [0, 0.05) is 6.04 Å². The van der Waals surface area contributed by atoms with Crippen LogP contribution in [0.1, 0.15) is 39.5 Å². The molecule has 0 aliphatic heterocycles. The first-order chi connectivity index (χ1) is 6.82. The number of nitrogens with two attached hydrogens (primary N) is 1. The van der Waals surface area contributed by atoms with Crippen LogP contribution < -0.4 is 5.73 Å². The van der Waals surface area contributed by atoms with Crippen molar-refractivity contribution in [2.45, 2.75) is 51.7 Å². The fourth-order valence-electron chi connectivity index (χ4n) is 2.38. The van der Waals surface area contributed by atoms with Crippen molar-refractivity contribution >= 4 is 0 Å². The lowest BCUT2D eigenvalue weighted by molar-refractivity contribution is -0.184. The van der Waals surface area contributed by atoms with Crippen LogP contribution in [0.25, 0.3) is 0 Å². The molecule has 15 heavy (non-hydrogen) atoms. The highest BCUT2D eigenvalue weighted by atomic mass is 19.4. The molecule has 2 N–H and O–H groups in total. The van der Waals surface area contributed by atoms with E-state index in [2.05, 4.69) is 0 Å². The quantitative estimate of drug-likeness (QED) is 0.763. The summed E-state index contributed by atoms with van der Waals surface area (Å²) in [6.07, 6.45) is -2.23. The Bertz CT molecular complexity index is 192. The first-order valence-corrected chi connectivity index (χ1v) is 5.64. The SMILES string of the molecule is CC(C)C(N)C1CCC(C(F)(F)F)CC1. The minimum atomic E-state index is -4.01. The van der Waals surface area contributed by atoms with Gasteiger partial charge in [-0.05, 0) is 37.5 Å². The number of hydrogen-bond donors (Lipinski definition) is 1. The number of halogens is 3. The number of alkyl halides is 3. The van der Waals surface area contributed by atoms with E-state index in [1.165, 1.54) is 0 Å². The molecule has 0 bridgehead atoms. The minimum Gasteiger partial charge on any atom is -0.327 e. The van der Waals surface area contributed by atoms with Crippen LogP contribution in [-0.2, 0) is 0 Å². The minimum absolute atomic E-state index is 0.0548. The van der Waals surface area contributed by atoms with Gasteiger partial charge >= 0.3 is 6.18 Å². The van der Waals surface area contributed by atoms with Gasteiger partial charge in [-0.3, -0.25) is 0 Å². The van der Waals surface area contributed by atoms with Crippen LogP contribution >= 0.6 is 0 Å². The Balaban J connectivity index is 2.42. The summed E-state index contributed by atoms with van der Waals surface area (Å²) in [7, 11) is 0. The Morgan fingerprint density at radius 1 is 1.07 bits per heavy atom. The molecule has 0 aromatic carbocycles. The van der Waals surface area contributed by atoms with Gasteiger partial charge in [0.05, 0.1) is 5.92 Å². The zero-order chi connectivity index (χ0) is 11.6. The predicted molar refractivity (Wildman–Crippen MR) is 54.3 cm³/mol. The van der Waals surface area contributed by atoms with Crippen molar-refractivity contribution in [2.24, 2.45) is 23.5 Å². The second kappa shape index (κ2) is 4.73. The summed E-state index contributed by atoms with van der Waals surface area (Å²) in [5.74, 6) is -0.450. The molecule has 1 nitrogen and oxygen atoms in total. The Hall–Kier alpha value is -0.250. The van der Waals surface area contributed by atoms with Crippen LogP contribution in [0.2, 0.25) is 0 Å². The molecule has 1 aliphatic carbocycles. The van der Waals surface area contributed by atoms with Crippen molar-refractivity contribution in [1.82, 2.24) is 0 Å². The van der Waals surface area contributed by atoms with E-state index in [9.17, 15) is 13.2 Å². The van der Waals surface area contributed by atoms with Gasteiger partial charge in [0.25, 0.3) is 0 Å². The van der Waals surface area contributed by atoms with Crippen molar-refractivity contribution in [2.75, 3.05) is 0 Å². The maximum atomic E-state index is 12.4. The fraction of sp³-hybridized carbons (Fsp3) is 1.00.